The minimum absolute atomic E-state index is 0.00705. The molecular weight excluding hydrogens is 416 g/mol. The van der Waals surface area contributed by atoms with Crippen molar-refractivity contribution in [1.82, 2.24) is 10.3 Å². The lowest BCUT2D eigenvalue weighted by Crippen LogP contribution is -2.55. The molecule has 3 saturated carbocycles. The average molecular weight is 453 g/mol. The van der Waals surface area contributed by atoms with Crippen LogP contribution >= 0.6 is 0 Å². The highest BCUT2D eigenvalue weighted by atomic mass is 16.5. The molecule has 8 rings (SSSR count). The maximum Gasteiger partial charge on any atom is 0.0974 e. The summed E-state index contributed by atoms with van der Waals surface area (Å²) in [6, 6.07) is 10.7. The summed E-state index contributed by atoms with van der Waals surface area (Å²) in [6.07, 6.45) is 21.7. The molecule has 6 atom stereocenters. The number of pyridine rings is 1. The Morgan fingerprint density at radius 3 is 2.85 bits per heavy atom. The van der Waals surface area contributed by atoms with Gasteiger partial charge >= 0.3 is 0 Å². The normalized spacial score (nSPS) is 42.6. The molecular formula is C31H36N2O. The van der Waals surface area contributed by atoms with Gasteiger partial charge in [0.05, 0.1) is 11.2 Å². The first kappa shape index (κ1) is 20.2. The number of benzene rings is 1. The Labute approximate surface area is 203 Å². The Kier molecular flexibility index (Phi) is 4.06. The Bertz CT molecular complexity index is 1240. The van der Waals surface area contributed by atoms with Gasteiger partial charge in [-0.25, -0.2) is 0 Å². The maximum absolute atomic E-state index is 7.46. The number of nitrogens with one attached hydrogen (secondary N) is 1. The fourth-order valence-electron chi connectivity index (χ4n) is 9.00. The van der Waals surface area contributed by atoms with Crippen LogP contribution in [-0.4, -0.2) is 28.3 Å². The molecule has 3 heterocycles. The molecule has 1 saturated heterocycles. The highest BCUT2D eigenvalue weighted by molar-refractivity contribution is 5.82. The number of fused-ring (bicyclic) bond motifs is 2. The van der Waals surface area contributed by atoms with Gasteiger partial charge in [0.15, 0.2) is 0 Å². The smallest absolute Gasteiger partial charge is 0.0974 e. The van der Waals surface area contributed by atoms with Crippen molar-refractivity contribution in [3.05, 3.63) is 65.5 Å². The zero-order valence-electron chi connectivity index (χ0n) is 20.4. The monoisotopic (exact) mass is 452 g/mol. The van der Waals surface area contributed by atoms with Crippen LogP contribution in [0.15, 0.2) is 60.0 Å². The van der Waals surface area contributed by atoms with Crippen LogP contribution in [0.25, 0.3) is 10.8 Å². The quantitative estimate of drug-likeness (QED) is 0.570. The average Bonchev–Trinajstić information content (AvgIpc) is 3.52. The number of nitrogens with zero attached hydrogens (tertiary/aromatic N) is 1. The Balaban J connectivity index is 1.15. The zero-order valence-corrected chi connectivity index (χ0v) is 20.4. The zero-order chi connectivity index (χ0) is 22.5. The van der Waals surface area contributed by atoms with E-state index >= 15 is 0 Å². The number of aromatic nitrogens is 1. The summed E-state index contributed by atoms with van der Waals surface area (Å²) in [4.78, 5) is 4.39. The standard InChI is InChI=1S/C31H36N2O/c1-29-12-10-24-17-23-4-5-26(33-25-6-7-25)18-30(23)13-14-31(24,34-30)28(29)9-8-27(29)21-3-2-20-11-15-32-19-22(20)16-21/h2-3,10-11,15-17,19,25-28,33H,4-9,12-14,18H2,1H3/t26-,27?,28-,29-,30-,31-/m1/s1. The van der Waals surface area contributed by atoms with Gasteiger partial charge in [-0.2, -0.15) is 0 Å². The predicted molar refractivity (Wildman–Crippen MR) is 136 cm³/mol. The fourth-order valence-corrected chi connectivity index (χ4v) is 9.00. The molecule has 1 N–H and O–H groups in total. The maximum atomic E-state index is 7.46. The topological polar surface area (TPSA) is 34.1 Å². The van der Waals surface area contributed by atoms with Gasteiger partial charge in [-0.1, -0.05) is 31.2 Å². The number of allylic oxidation sites excluding steroid dienone is 1. The van der Waals surface area contributed by atoms with E-state index in [-0.39, 0.29) is 16.6 Å². The molecule has 1 aromatic carbocycles. The van der Waals surface area contributed by atoms with Crippen LogP contribution in [0.1, 0.15) is 82.6 Å². The van der Waals surface area contributed by atoms with Crippen molar-refractivity contribution in [2.45, 2.75) is 100 Å². The van der Waals surface area contributed by atoms with Crippen LogP contribution in [0.4, 0.5) is 0 Å². The number of rotatable bonds is 3. The van der Waals surface area contributed by atoms with Gasteiger partial charge in [0.1, 0.15) is 0 Å². The molecule has 4 aliphatic carbocycles. The van der Waals surface area contributed by atoms with E-state index in [2.05, 4.69) is 53.6 Å². The molecule has 1 aromatic heterocycles. The summed E-state index contributed by atoms with van der Waals surface area (Å²) < 4.78 is 7.46. The highest BCUT2D eigenvalue weighted by Crippen LogP contribution is 2.69. The lowest BCUT2D eigenvalue weighted by atomic mass is 9.58. The molecule has 2 bridgehead atoms. The minimum Gasteiger partial charge on any atom is -0.359 e. The Morgan fingerprint density at radius 2 is 1.94 bits per heavy atom. The second kappa shape index (κ2) is 6.83. The molecule has 34 heavy (non-hydrogen) atoms. The number of hydrogen-bond donors (Lipinski definition) is 1. The van der Waals surface area contributed by atoms with E-state index in [1.54, 1.807) is 5.57 Å². The lowest BCUT2D eigenvalue weighted by molar-refractivity contribution is -0.136. The third-order valence-corrected chi connectivity index (χ3v) is 10.8. The van der Waals surface area contributed by atoms with E-state index < -0.39 is 0 Å². The number of ether oxygens (including phenoxy) is 1. The molecule has 3 heteroatoms. The fraction of sp³-hybridized carbons (Fsp3) is 0.581. The molecule has 176 valence electrons. The molecule has 2 aromatic rings. The van der Waals surface area contributed by atoms with Gasteiger partial charge in [-0.15, -0.1) is 0 Å². The third kappa shape index (κ3) is 2.69. The van der Waals surface area contributed by atoms with Gasteiger partial charge in [-0.3, -0.25) is 4.98 Å². The van der Waals surface area contributed by atoms with E-state index in [4.69, 9.17) is 4.74 Å². The van der Waals surface area contributed by atoms with E-state index in [0.717, 1.165) is 6.04 Å². The molecule has 6 aliphatic rings. The summed E-state index contributed by atoms with van der Waals surface area (Å²) in [5, 5.41) is 6.51. The van der Waals surface area contributed by atoms with Crippen molar-refractivity contribution in [1.29, 1.82) is 0 Å². The van der Waals surface area contributed by atoms with Crippen LogP contribution in [-0.2, 0) is 4.74 Å². The van der Waals surface area contributed by atoms with Crippen LogP contribution in [0.2, 0.25) is 0 Å². The van der Waals surface area contributed by atoms with E-state index in [1.165, 1.54) is 86.1 Å². The van der Waals surface area contributed by atoms with Crippen LogP contribution in [0.3, 0.4) is 0 Å². The molecule has 2 spiro atoms. The third-order valence-electron chi connectivity index (χ3n) is 10.8. The van der Waals surface area contributed by atoms with Gasteiger partial charge in [-0.05, 0) is 116 Å². The van der Waals surface area contributed by atoms with Gasteiger partial charge in [0.2, 0.25) is 0 Å². The van der Waals surface area contributed by atoms with Gasteiger partial charge in [0.25, 0.3) is 0 Å². The minimum atomic E-state index is -0.0505. The predicted octanol–water partition coefficient (Wildman–Crippen LogP) is 6.60. The summed E-state index contributed by atoms with van der Waals surface area (Å²) in [6.45, 7) is 2.58. The largest absolute Gasteiger partial charge is 0.359 e. The van der Waals surface area contributed by atoms with Crippen molar-refractivity contribution in [3.63, 3.8) is 0 Å². The molecule has 1 unspecified atom stereocenters. The number of hydrogen-bond acceptors (Lipinski definition) is 3. The van der Waals surface area contributed by atoms with Crippen molar-refractivity contribution in [2.24, 2.45) is 11.3 Å². The molecule has 2 aliphatic heterocycles. The van der Waals surface area contributed by atoms with Crippen LogP contribution in [0.5, 0.6) is 0 Å². The van der Waals surface area contributed by atoms with E-state index in [9.17, 15) is 0 Å². The first-order valence-corrected chi connectivity index (χ1v) is 13.8. The van der Waals surface area contributed by atoms with Crippen molar-refractivity contribution < 1.29 is 4.74 Å². The first-order chi connectivity index (χ1) is 16.6. The van der Waals surface area contributed by atoms with Crippen molar-refractivity contribution in [3.8, 4) is 0 Å². The lowest BCUT2D eigenvalue weighted by Gasteiger charge is -2.54. The Hall–Kier alpha value is -1.97. The van der Waals surface area contributed by atoms with E-state index in [0.29, 0.717) is 17.9 Å². The summed E-state index contributed by atoms with van der Waals surface area (Å²) in [5.41, 5.74) is 4.87. The SMILES string of the molecule is C[C@]12CC=C3C=C4CC[C@@H](NC5CC5)C[C@]45CC[C@]3(O5)[C@@H]1CCC2c1ccc2ccncc2c1. The van der Waals surface area contributed by atoms with Gasteiger partial charge < -0.3 is 10.1 Å². The van der Waals surface area contributed by atoms with Gasteiger partial charge in [0, 0.05) is 29.9 Å². The highest BCUT2D eigenvalue weighted by Gasteiger charge is 2.66. The molecule has 3 nitrogen and oxygen atoms in total. The summed E-state index contributed by atoms with van der Waals surface area (Å²) in [5.74, 6) is 1.21. The van der Waals surface area contributed by atoms with Crippen molar-refractivity contribution in [2.75, 3.05) is 0 Å². The van der Waals surface area contributed by atoms with Crippen molar-refractivity contribution >= 4 is 10.8 Å². The molecule has 0 amide bonds. The summed E-state index contributed by atoms with van der Waals surface area (Å²) in [7, 11) is 0. The molecule has 4 fully saturated rings. The second-order valence-corrected chi connectivity index (χ2v) is 12.6. The van der Waals surface area contributed by atoms with Crippen LogP contribution < -0.4 is 5.32 Å². The van der Waals surface area contributed by atoms with E-state index in [1.807, 2.05) is 12.4 Å². The summed E-state index contributed by atoms with van der Waals surface area (Å²) >= 11 is 0. The molecule has 0 radical (unpaired) electrons. The first-order valence-electron chi connectivity index (χ1n) is 13.8. The van der Waals surface area contributed by atoms with Crippen LogP contribution in [0, 0.1) is 11.3 Å². The Morgan fingerprint density at radius 1 is 1.00 bits per heavy atom. The second-order valence-electron chi connectivity index (χ2n) is 12.6.